The Morgan fingerprint density at radius 1 is 1.05 bits per heavy atom. The van der Waals surface area contributed by atoms with Crippen molar-refractivity contribution in [2.45, 2.75) is 91.7 Å². The summed E-state index contributed by atoms with van der Waals surface area (Å²) in [7, 11) is 0. The second-order valence-electron chi connectivity index (χ2n) is 5.78. The van der Waals surface area contributed by atoms with Gasteiger partial charge in [0.25, 0.3) is 0 Å². The van der Waals surface area contributed by atoms with Crippen molar-refractivity contribution in [1.29, 1.82) is 0 Å². The standard InChI is InChI=1S/C17H35NO2/c1-6-9-10-11-12-13-18-14(4)16(7-2)15(5)20-17(19)8-3/h14-16,18H,6-13H2,1-5H3. The van der Waals surface area contributed by atoms with Crippen molar-refractivity contribution in [2.75, 3.05) is 6.54 Å². The van der Waals surface area contributed by atoms with Gasteiger partial charge in [0.1, 0.15) is 6.10 Å². The molecule has 0 amide bonds. The Bertz CT molecular complexity index is 243. The van der Waals surface area contributed by atoms with Crippen LogP contribution in [-0.2, 0) is 9.53 Å². The van der Waals surface area contributed by atoms with Crippen LogP contribution < -0.4 is 5.32 Å². The van der Waals surface area contributed by atoms with Crippen LogP contribution in [-0.4, -0.2) is 24.7 Å². The zero-order chi connectivity index (χ0) is 15.4. The van der Waals surface area contributed by atoms with Gasteiger partial charge in [-0.15, -0.1) is 0 Å². The number of nitrogens with one attached hydrogen (secondary N) is 1. The Balaban J connectivity index is 3.94. The molecule has 3 unspecified atom stereocenters. The first-order valence-electron chi connectivity index (χ1n) is 8.49. The summed E-state index contributed by atoms with van der Waals surface area (Å²) in [5.74, 6) is 0.295. The molecule has 3 atom stereocenters. The molecule has 0 fully saturated rings. The minimum absolute atomic E-state index is 0.00459. The van der Waals surface area contributed by atoms with E-state index in [4.69, 9.17) is 4.74 Å². The van der Waals surface area contributed by atoms with Crippen LogP contribution in [0.25, 0.3) is 0 Å². The fourth-order valence-corrected chi connectivity index (χ4v) is 2.68. The summed E-state index contributed by atoms with van der Waals surface area (Å²) in [5.41, 5.74) is 0. The van der Waals surface area contributed by atoms with E-state index >= 15 is 0 Å². The van der Waals surface area contributed by atoms with Gasteiger partial charge >= 0.3 is 5.97 Å². The number of unbranched alkanes of at least 4 members (excludes halogenated alkanes) is 4. The molecule has 3 nitrogen and oxygen atoms in total. The maximum Gasteiger partial charge on any atom is 0.305 e. The first-order chi connectivity index (χ1) is 9.56. The number of carbonyl (C=O) groups is 1. The third kappa shape index (κ3) is 8.57. The number of hydrogen-bond donors (Lipinski definition) is 1. The molecule has 0 bridgehead atoms. The highest BCUT2D eigenvalue weighted by atomic mass is 16.5. The molecule has 0 radical (unpaired) electrons. The van der Waals surface area contributed by atoms with Crippen molar-refractivity contribution in [3.05, 3.63) is 0 Å². The molecule has 0 aromatic rings. The molecule has 0 saturated carbocycles. The van der Waals surface area contributed by atoms with Crippen molar-refractivity contribution in [3.8, 4) is 0 Å². The summed E-state index contributed by atoms with van der Waals surface area (Å²) < 4.78 is 5.45. The third-order valence-electron chi connectivity index (χ3n) is 4.07. The van der Waals surface area contributed by atoms with Crippen LogP contribution in [0, 0.1) is 5.92 Å². The number of carbonyl (C=O) groups excluding carboxylic acids is 1. The second-order valence-corrected chi connectivity index (χ2v) is 5.78. The fourth-order valence-electron chi connectivity index (χ4n) is 2.68. The Kier molecular flexibility index (Phi) is 11.8. The van der Waals surface area contributed by atoms with Gasteiger partial charge in [0.05, 0.1) is 0 Å². The lowest BCUT2D eigenvalue weighted by molar-refractivity contribution is -0.150. The molecule has 0 rings (SSSR count). The number of ether oxygens (including phenoxy) is 1. The Morgan fingerprint density at radius 3 is 2.25 bits per heavy atom. The Morgan fingerprint density at radius 2 is 1.70 bits per heavy atom. The Labute approximate surface area is 125 Å². The lowest BCUT2D eigenvalue weighted by Crippen LogP contribution is -2.40. The molecule has 0 saturated heterocycles. The maximum absolute atomic E-state index is 11.4. The SMILES string of the molecule is CCCCCCCNC(C)C(CC)C(C)OC(=O)CC. The van der Waals surface area contributed by atoms with E-state index in [1.807, 2.05) is 13.8 Å². The molecule has 0 heterocycles. The number of hydrogen-bond acceptors (Lipinski definition) is 3. The summed E-state index contributed by atoms with van der Waals surface area (Å²) >= 11 is 0. The van der Waals surface area contributed by atoms with Crippen molar-refractivity contribution in [1.82, 2.24) is 5.32 Å². The molecule has 3 heteroatoms. The fraction of sp³-hybridized carbons (Fsp3) is 0.941. The van der Waals surface area contributed by atoms with Crippen LogP contribution in [0.4, 0.5) is 0 Å². The molecular weight excluding hydrogens is 250 g/mol. The van der Waals surface area contributed by atoms with E-state index < -0.39 is 0 Å². The van der Waals surface area contributed by atoms with Crippen LogP contribution in [0.15, 0.2) is 0 Å². The highest BCUT2D eigenvalue weighted by Gasteiger charge is 2.24. The highest BCUT2D eigenvalue weighted by Crippen LogP contribution is 2.17. The van der Waals surface area contributed by atoms with Gasteiger partial charge in [-0.1, -0.05) is 46.5 Å². The first-order valence-corrected chi connectivity index (χ1v) is 8.49. The van der Waals surface area contributed by atoms with E-state index in [1.165, 1.54) is 32.1 Å². The Hall–Kier alpha value is -0.570. The molecule has 0 spiro atoms. The summed E-state index contributed by atoms with van der Waals surface area (Å²) in [6.07, 6.45) is 8.01. The van der Waals surface area contributed by atoms with Crippen LogP contribution in [0.2, 0.25) is 0 Å². The zero-order valence-corrected chi connectivity index (χ0v) is 14.2. The van der Waals surface area contributed by atoms with Crippen LogP contribution >= 0.6 is 0 Å². The van der Waals surface area contributed by atoms with Gasteiger partial charge < -0.3 is 10.1 Å². The minimum Gasteiger partial charge on any atom is -0.462 e. The molecule has 0 aliphatic carbocycles. The third-order valence-corrected chi connectivity index (χ3v) is 4.07. The number of esters is 1. The summed E-state index contributed by atoms with van der Waals surface area (Å²) in [6, 6.07) is 0.394. The van der Waals surface area contributed by atoms with E-state index in [0.29, 0.717) is 18.4 Å². The van der Waals surface area contributed by atoms with Gasteiger partial charge in [-0.25, -0.2) is 0 Å². The van der Waals surface area contributed by atoms with Gasteiger partial charge in [-0.05, 0) is 33.2 Å². The largest absolute Gasteiger partial charge is 0.462 e. The van der Waals surface area contributed by atoms with Crippen molar-refractivity contribution < 1.29 is 9.53 Å². The highest BCUT2D eigenvalue weighted by molar-refractivity contribution is 5.69. The van der Waals surface area contributed by atoms with E-state index in [0.717, 1.165) is 13.0 Å². The molecule has 0 aliphatic heterocycles. The molecule has 120 valence electrons. The van der Waals surface area contributed by atoms with E-state index in [2.05, 4.69) is 26.1 Å². The molecule has 0 aromatic carbocycles. The van der Waals surface area contributed by atoms with Gasteiger partial charge in [-0.2, -0.15) is 0 Å². The van der Waals surface area contributed by atoms with Crippen LogP contribution in [0.1, 0.15) is 79.6 Å². The quantitative estimate of drug-likeness (QED) is 0.429. The molecule has 0 aliphatic rings. The lowest BCUT2D eigenvalue weighted by atomic mass is 9.92. The van der Waals surface area contributed by atoms with Crippen molar-refractivity contribution in [3.63, 3.8) is 0 Å². The van der Waals surface area contributed by atoms with Crippen LogP contribution in [0.5, 0.6) is 0 Å². The molecule has 1 N–H and O–H groups in total. The number of rotatable bonds is 12. The van der Waals surface area contributed by atoms with E-state index in [9.17, 15) is 4.79 Å². The van der Waals surface area contributed by atoms with E-state index in [1.54, 1.807) is 0 Å². The lowest BCUT2D eigenvalue weighted by Gasteiger charge is -2.29. The molecule has 20 heavy (non-hydrogen) atoms. The predicted molar refractivity (Wildman–Crippen MR) is 85.8 cm³/mol. The topological polar surface area (TPSA) is 38.3 Å². The molecule has 0 aromatic heterocycles. The van der Waals surface area contributed by atoms with Gasteiger partial charge in [-0.3, -0.25) is 4.79 Å². The monoisotopic (exact) mass is 285 g/mol. The van der Waals surface area contributed by atoms with Gasteiger partial charge in [0.2, 0.25) is 0 Å². The average molecular weight is 285 g/mol. The summed E-state index contributed by atoms with van der Waals surface area (Å²) in [4.78, 5) is 11.4. The molecular formula is C17H35NO2. The smallest absolute Gasteiger partial charge is 0.305 e. The summed E-state index contributed by atoms with van der Waals surface area (Å²) in [6.45, 7) is 11.5. The van der Waals surface area contributed by atoms with Crippen molar-refractivity contribution >= 4 is 5.97 Å². The van der Waals surface area contributed by atoms with Crippen molar-refractivity contribution in [2.24, 2.45) is 5.92 Å². The first kappa shape index (κ1) is 19.4. The summed E-state index contributed by atoms with van der Waals surface area (Å²) in [5, 5.41) is 3.59. The average Bonchev–Trinajstić information content (AvgIpc) is 2.43. The normalized spacial score (nSPS) is 15.7. The zero-order valence-electron chi connectivity index (χ0n) is 14.2. The van der Waals surface area contributed by atoms with Gasteiger partial charge in [0, 0.05) is 18.4 Å². The predicted octanol–water partition coefficient (Wildman–Crippen LogP) is 4.30. The van der Waals surface area contributed by atoms with Crippen LogP contribution in [0.3, 0.4) is 0 Å². The minimum atomic E-state index is -0.0947. The maximum atomic E-state index is 11.4. The van der Waals surface area contributed by atoms with E-state index in [-0.39, 0.29) is 12.1 Å². The van der Waals surface area contributed by atoms with Gasteiger partial charge in [0.15, 0.2) is 0 Å². The second kappa shape index (κ2) is 12.2.